The van der Waals surface area contributed by atoms with Gasteiger partial charge in [-0.2, -0.15) is 0 Å². The van der Waals surface area contributed by atoms with E-state index in [1.165, 1.54) is 16.9 Å². The van der Waals surface area contributed by atoms with E-state index in [4.69, 9.17) is 0 Å². The molecule has 2 aromatic rings. The molecule has 17 heavy (non-hydrogen) atoms. The van der Waals surface area contributed by atoms with Crippen molar-refractivity contribution in [2.45, 2.75) is 13.3 Å². The van der Waals surface area contributed by atoms with Crippen LogP contribution in [-0.2, 0) is 6.42 Å². The molecule has 2 rings (SSSR count). The van der Waals surface area contributed by atoms with Gasteiger partial charge in [0.25, 0.3) is 0 Å². The van der Waals surface area contributed by atoms with Gasteiger partial charge in [0.05, 0.1) is 4.88 Å². The molecule has 0 bridgehead atoms. The maximum atomic E-state index is 11.7. The molecule has 0 fully saturated rings. The predicted octanol–water partition coefficient (Wildman–Crippen LogP) is 4.21. The molecular formula is C15H14OS. The summed E-state index contributed by atoms with van der Waals surface area (Å²) in [6, 6.07) is 12.0. The molecule has 0 radical (unpaired) electrons. The van der Waals surface area contributed by atoms with Gasteiger partial charge in [-0.25, -0.2) is 0 Å². The van der Waals surface area contributed by atoms with Crippen LogP contribution in [0.2, 0.25) is 0 Å². The third kappa shape index (κ3) is 3.14. The summed E-state index contributed by atoms with van der Waals surface area (Å²) in [5.74, 6) is 0.0690. The predicted molar refractivity (Wildman–Crippen MR) is 73.5 cm³/mol. The first kappa shape index (κ1) is 11.8. The van der Waals surface area contributed by atoms with Crippen LogP contribution < -0.4 is 0 Å². The minimum atomic E-state index is 0.0690. The van der Waals surface area contributed by atoms with Crippen molar-refractivity contribution >= 4 is 23.2 Å². The van der Waals surface area contributed by atoms with Crippen molar-refractivity contribution in [3.8, 4) is 0 Å². The molecule has 1 aromatic heterocycles. The summed E-state index contributed by atoms with van der Waals surface area (Å²) in [7, 11) is 0. The molecule has 0 aliphatic rings. The fourth-order valence-electron chi connectivity index (χ4n) is 1.54. The Labute approximate surface area is 105 Å². The fraction of sp³-hybridized carbons (Fsp3) is 0.133. The number of benzene rings is 1. The second kappa shape index (κ2) is 5.60. The molecule has 0 aliphatic carbocycles. The lowest BCUT2D eigenvalue weighted by molar-refractivity contribution is 0.105. The number of ketones is 1. The summed E-state index contributed by atoms with van der Waals surface area (Å²) in [6.45, 7) is 2.13. The van der Waals surface area contributed by atoms with Crippen molar-refractivity contribution in [2.24, 2.45) is 0 Å². The van der Waals surface area contributed by atoms with Crippen LogP contribution in [-0.4, -0.2) is 5.78 Å². The van der Waals surface area contributed by atoms with E-state index in [0.717, 1.165) is 16.9 Å². The largest absolute Gasteiger partial charge is 0.288 e. The first-order chi connectivity index (χ1) is 8.29. The Morgan fingerprint density at radius 2 is 2.00 bits per heavy atom. The lowest BCUT2D eigenvalue weighted by Gasteiger charge is -1.96. The summed E-state index contributed by atoms with van der Waals surface area (Å²) >= 11 is 1.47. The Hall–Kier alpha value is -1.67. The maximum Gasteiger partial charge on any atom is 0.195 e. The van der Waals surface area contributed by atoms with Crippen molar-refractivity contribution < 1.29 is 4.79 Å². The number of hydrogen-bond donors (Lipinski definition) is 0. The Morgan fingerprint density at radius 1 is 1.24 bits per heavy atom. The minimum Gasteiger partial charge on any atom is -0.288 e. The molecule has 1 nitrogen and oxygen atoms in total. The van der Waals surface area contributed by atoms with Crippen LogP contribution >= 0.6 is 11.3 Å². The van der Waals surface area contributed by atoms with Gasteiger partial charge in [-0.3, -0.25) is 4.79 Å². The Balaban J connectivity index is 2.07. The van der Waals surface area contributed by atoms with Gasteiger partial charge in [-0.05, 0) is 35.1 Å². The fourth-order valence-corrected chi connectivity index (χ4v) is 2.18. The van der Waals surface area contributed by atoms with Gasteiger partial charge in [0.15, 0.2) is 5.78 Å². The van der Waals surface area contributed by atoms with Crippen molar-refractivity contribution in [3.63, 3.8) is 0 Å². The molecular weight excluding hydrogens is 228 g/mol. The summed E-state index contributed by atoms with van der Waals surface area (Å²) in [5, 5.41) is 1.91. The van der Waals surface area contributed by atoms with E-state index in [1.54, 1.807) is 6.08 Å². The van der Waals surface area contributed by atoms with E-state index in [-0.39, 0.29) is 5.78 Å². The van der Waals surface area contributed by atoms with Gasteiger partial charge < -0.3 is 0 Å². The van der Waals surface area contributed by atoms with Gasteiger partial charge >= 0.3 is 0 Å². The molecule has 0 saturated carbocycles. The zero-order valence-electron chi connectivity index (χ0n) is 9.72. The molecule has 0 amide bonds. The first-order valence-corrected chi connectivity index (χ1v) is 6.52. The highest BCUT2D eigenvalue weighted by Crippen LogP contribution is 2.12. The number of allylic oxidation sites excluding steroid dienone is 1. The third-order valence-corrected chi connectivity index (χ3v) is 3.46. The highest BCUT2D eigenvalue weighted by atomic mass is 32.1. The van der Waals surface area contributed by atoms with Crippen LogP contribution in [0.1, 0.15) is 27.7 Å². The lowest BCUT2D eigenvalue weighted by Crippen LogP contribution is -1.88. The monoisotopic (exact) mass is 242 g/mol. The second-order valence-corrected chi connectivity index (χ2v) is 4.72. The van der Waals surface area contributed by atoms with E-state index in [1.807, 2.05) is 35.7 Å². The molecule has 1 aromatic carbocycles. The normalized spacial score (nSPS) is 10.9. The minimum absolute atomic E-state index is 0.0690. The zero-order chi connectivity index (χ0) is 12.1. The number of carbonyl (C=O) groups is 1. The van der Waals surface area contributed by atoms with E-state index in [2.05, 4.69) is 19.1 Å². The highest BCUT2D eigenvalue weighted by Gasteiger charge is 2.01. The van der Waals surface area contributed by atoms with Crippen molar-refractivity contribution in [1.82, 2.24) is 0 Å². The summed E-state index contributed by atoms with van der Waals surface area (Å²) in [5.41, 5.74) is 2.37. The van der Waals surface area contributed by atoms with Gasteiger partial charge in [0.2, 0.25) is 0 Å². The molecule has 0 spiro atoms. The van der Waals surface area contributed by atoms with Crippen molar-refractivity contribution in [3.05, 3.63) is 63.9 Å². The summed E-state index contributed by atoms with van der Waals surface area (Å²) in [6.07, 6.45) is 4.53. The Morgan fingerprint density at radius 3 is 2.59 bits per heavy atom. The van der Waals surface area contributed by atoms with Crippen LogP contribution in [0.3, 0.4) is 0 Å². The van der Waals surface area contributed by atoms with Crippen LogP contribution in [0, 0.1) is 0 Å². The highest BCUT2D eigenvalue weighted by molar-refractivity contribution is 7.12. The molecule has 0 N–H and O–H groups in total. The topological polar surface area (TPSA) is 17.1 Å². The molecule has 2 heteroatoms. The number of rotatable bonds is 4. The molecule has 1 heterocycles. The standard InChI is InChI=1S/C15H14OS/c1-2-12-5-7-13(8-6-12)9-10-14(16)15-4-3-11-17-15/h3-11H,2H2,1H3/b10-9+. The maximum absolute atomic E-state index is 11.7. The van der Waals surface area contributed by atoms with Gasteiger partial charge in [0.1, 0.15) is 0 Å². The first-order valence-electron chi connectivity index (χ1n) is 5.64. The number of aryl methyl sites for hydroxylation is 1. The smallest absolute Gasteiger partial charge is 0.195 e. The number of hydrogen-bond acceptors (Lipinski definition) is 2. The van der Waals surface area contributed by atoms with Crippen molar-refractivity contribution in [2.75, 3.05) is 0 Å². The average Bonchev–Trinajstić information content (AvgIpc) is 2.90. The van der Waals surface area contributed by atoms with Gasteiger partial charge in [-0.1, -0.05) is 43.3 Å². The van der Waals surface area contributed by atoms with Crippen LogP contribution in [0.15, 0.2) is 47.9 Å². The number of carbonyl (C=O) groups excluding carboxylic acids is 1. The second-order valence-electron chi connectivity index (χ2n) is 3.77. The zero-order valence-corrected chi connectivity index (χ0v) is 10.5. The average molecular weight is 242 g/mol. The summed E-state index contributed by atoms with van der Waals surface area (Å²) in [4.78, 5) is 12.5. The quantitative estimate of drug-likeness (QED) is 0.580. The third-order valence-electron chi connectivity index (χ3n) is 2.58. The van der Waals surface area contributed by atoms with Gasteiger partial charge in [0, 0.05) is 0 Å². The molecule has 0 aliphatic heterocycles. The van der Waals surface area contributed by atoms with Crippen LogP contribution in [0.4, 0.5) is 0 Å². The SMILES string of the molecule is CCc1ccc(/C=C/C(=O)c2cccs2)cc1. The van der Waals surface area contributed by atoms with E-state index < -0.39 is 0 Å². The molecule has 0 saturated heterocycles. The Kier molecular flexibility index (Phi) is 3.89. The Bertz CT molecular complexity index is 506. The van der Waals surface area contributed by atoms with E-state index in [0.29, 0.717) is 0 Å². The molecule has 0 unspecified atom stereocenters. The molecule has 86 valence electrons. The van der Waals surface area contributed by atoms with Crippen LogP contribution in [0.5, 0.6) is 0 Å². The van der Waals surface area contributed by atoms with E-state index in [9.17, 15) is 4.79 Å². The van der Waals surface area contributed by atoms with Crippen LogP contribution in [0.25, 0.3) is 6.08 Å². The lowest BCUT2D eigenvalue weighted by atomic mass is 10.1. The molecule has 0 atom stereocenters. The van der Waals surface area contributed by atoms with Crippen molar-refractivity contribution in [1.29, 1.82) is 0 Å². The van der Waals surface area contributed by atoms with E-state index >= 15 is 0 Å². The summed E-state index contributed by atoms with van der Waals surface area (Å²) < 4.78 is 0. The number of thiophene rings is 1. The van der Waals surface area contributed by atoms with Gasteiger partial charge in [-0.15, -0.1) is 11.3 Å².